The van der Waals surface area contributed by atoms with Crippen LogP contribution in [0.1, 0.15) is 63.0 Å². The first kappa shape index (κ1) is 19.9. The molecule has 136 valence electrons. The van der Waals surface area contributed by atoms with Crippen molar-refractivity contribution < 1.29 is 4.79 Å². The van der Waals surface area contributed by atoms with Crippen LogP contribution in [0, 0.1) is 0 Å². The third-order valence-corrected chi connectivity index (χ3v) is 5.77. The van der Waals surface area contributed by atoms with E-state index in [1.807, 2.05) is 18.2 Å². The zero-order valence-corrected chi connectivity index (χ0v) is 16.9. The molecule has 1 heterocycles. The van der Waals surface area contributed by atoms with Crippen LogP contribution in [-0.4, -0.2) is 29.3 Å². The summed E-state index contributed by atoms with van der Waals surface area (Å²) < 4.78 is 0. The van der Waals surface area contributed by atoms with Crippen molar-refractivity contribution in [3.8, 4) is 11.1 Å². The Morgan fingerprint density at radius 3 is 2.16 bits per heavy atom. The summed E-state index contributed by atoms with van der Waals surface area (Å²) in [6.45, 7) is 10.6. The largest absolute Gasteiger partial charge is 0.291 e. The molecule has 0 radical (unpaired) electrons. The number of unbranched alkanes of at least 4 members (excludes halogenated alkanes) is 2. The van der Waals surface area contributed by atoms with Gasteiger partial charge in [0.25, 0.3) is 0 Å². The van der Waals surface area contributed by atoms with Gasteiger partial charge in [0.05, 0.1) is 10.4 Å². The van der Waals surface area contributed by atoms with E-state index in [9.17, 15) is 4.79 Å². The minimum absolute atomic E-state index is 0.242. The van der Waals surface area contributed by atoms with E-state index in [1.54, 1.807) is 11.3 Å². The van der Waals surface area contributed by atoms with Crippen molar-refractivity contribution in [2.75, 3.05) is 13.1 Å². The average molecular weight is 358 g/mol. The Hall–Kier alpha value is -1.45. The molecule has 0 aliphatic carbocycles. The third kappa shape index (κ3) is 5.02. The minimum atomic E-state index is -0.455. The van der Waals surface area contributed by atoms with E-state index in [2.05, 4.69) is 56.2 Å². The van der Waals surface area contributed by atoms with Crippen molar-refractivity contribution >= 4 is 17.1 Å². The van der Waals surface area contributed by atoms with Gasteiger partial charge in [0.15, 0.2) is 5.78 Å². The van der Waals surface area contributed by atoms with Crippen LogP contribution in [0.3, 0.4) is 0 Å². The first-order chi connectivity index (χ1) is 12.0. The van der Waals surface area contributed by atoms with Crippen LogP contribution in [-0.2, 0) is 0 Å². The molecule has 0 saturated carbocycles. The van der Waals surface area contributed by atoms with Gasteiger partial charge in [-0.1, -0.05) is 57.0 Å². The lowest BCUT2D eigenvalue weighted by Crippen LogP contribution is -2.50. The van der Waals surface area contributed by atoms with Crippen molar-refractivity contribution in [3.63, 3.8) is 0 Å². The molecule has 0 fully saturated rings. The number of carbonyl (C=O) groups is 1. The smallest absolute Gasteiger partial charge is 0.192 e. The van der Waals surface area contributed by atoms with Crippen molar-refractivity contribution in [1.29, 1.82) is 0 Å². The molecule has 0 saturated heterocycles. The first-order valence-electron chi connectivity index (χ1n) is 9.44. The molecule has 1 aromatic heterocycles. The highest BCUT2D eigenvalue weighted by atomic mass is 32.1. The fraction of sp³-hybridized carbons (Fsp3) is 0.500. The zero-order valence-electron chi connectivity index (χ0n) is 16.0. The maximum absolute atomic E-state index is 13.2. The van der Waals surface area contributed by atoms with Gasteiger partial charge in [0.2, 0.25) is 0 Å². The molecular weight excluding hydrogens is 326 g/mol. The Balaban J connectivity index is 2.19. The monoisotopic (exact) mass is 357 g/mol. The number of hydrogen-bond acceptors (Lipinski definition) is 3. The molecule has 0 bridgehead atoms. The topological polar surface area (TPSA) is 20.3 Å². The van der Waals surface area contributed by atoms with Gasteiger partial charge in [-0.05, 0) is 62.4 Å². The molecule has 0 spiro atoms. The highest BCUT2D eigenvalue weighted by Crippen LogP contribution is 2.30. The Kier molecular flexibility index (Phi) is 7.39. The first-order valence-corrected chi connectivity index (χ1v) is 10.3. The Bertz CT molecular complexity index is 652. The second kappa shape index (κ2) is 9.30. The van der Waals surface area contributed by atoms with Gasteiger partial charge in [-0.25, -0.2) is 0 Å². The molecule has 0 N–H and O–H groups in total. The lowest BCUT2D eigenvalue weighted by atomic mass is 9.93. The number of ketones is 1. The van der Waals surface area contributed by atoms with Crippen LogP contribution in [0.2, 0.25) is 0 Å². The third-order valence-electron chi connectivity index (χ3n) is 4.84. The van der Waals surface area contributed by atoms with Gasteiger partial charge in [-0.15, -0.1) is 11.3 Å². The molecule has 0 aliphatic rings. The van der Waals surface area contributed by atoms with Crippen LogP contribution in [0.15, 0.2) is 41.8 Å². The number of benzene rings is 1. The predicted molar refractivity (Wildman–Crippen MR) is 110 cm³/mol. The van der Waals surface area contributed by atoms with Gasteiger partial charge < -0.3 is 0 Å². The molecule has 2 aromatic rings. The second-order valence-corrected chi connectivity index (χ2v) is 8.06. The molecule has 25 heavy (non-hydrogen) atoms. The average Bonchev–Trinajstić information content (AvgIpc) is 3.11. The highest BCUT2D eigenvalue weighted by Gasteiger charge is 2.35. The van der Waals surface area contributed by atoms with Crippen molar-refractivity contribution in [1.82, 2.24) is 4.90 Å². The van der Waals surface area contributed by atoms with Crippen LogP contribution in [0.25, 0.3) is 11.1 Å². The maximum Gasteiger partial charge on any atom is 0.192 e. The van der Waals surface area contributed by atoms with Gasteiger partial charge in [0, 0.05) is 0 Å². The normalized spacial score (nSPS) is 11.9. The summed E-state index contributed by atoms with van der Waals surface area (Å²) in [4.78, 5) is 16.5. The minimum Gasteiger partial charge on any atom is -0.291 e. The summed E-state index contributed by atoms with van der Waals surface area (Å²) in [5.74, 6) is 0.242. The SMILES string of the molecule is CCCCN(CCCC)C(C)(C)C(=O)c1cc(-c2ccccc2)cs1. The number of carbonyl (C=O) groups excluding carboxylic acids is 1. The molecule has 0 aliphatic heterocycles. The number of hydrogen-bond donors (Lipinski definition) is 0. The van der Waals surface area contributed by atoms with E-state index in [1.165, 1.54) is 5.56 Å². The number of thiophene rings is 1. The van der Waals surface area contributed by atoms with Crippen LogP contribution >= 0.6 is 11.3 Å². The lowest BCUT2D eigenvalue weighted by Gasteiger charge is -2.37. The molecule has 3 heteroatoms. The van der Waals surface area contributed by atoms with Crippen molar-refractivity contribution in [3.05, 3.63) is 46.7 Å². The van der Waals surface area contributed by atoms with E-state index in [4.69, 9.17) is 0 Å². The fourth-order valence-corrected chi connectivity index (χ4v) is 4.06. The molecule has 2 rings (SSSR count). The quantitative estimate of drug-likeness (QED) is 0.466. The maximum atomic E-state index is 13.2. The fourth-order valence-electron chi connectivity index (χ4n) is 3.05. The molecule has 1 aromatic carbocycles. The summed E-state index contributed by atoms with van der Waals surface area (Å²) in [5.41, 5.74) is 1.85. The van der Waals surface area contributed by atoms with Gasteiger partial charge in [-0.3, -0.25) is 9.69 Å². The van der Waals surface area contributed by atoms with Crippen molar-refractivity contribution in [2.24, 2.45) is 0 Å². The molecule has 0 amide bonds. The van der Waals surface area contributed by atoms with E-state index in [-0.39, 0.29) is 5.78 Å². The summed E-state index contributed by atoms with van der Waals surface area (Å²) in [7, 11) is 0. The number of rotatable bonds is 10. The number of Topliss-reactive ketones (excluding diaryl/α,β-unsaturated/α-hetero) is 1. The van der Waals surface area contributed by atoms with E-state index in [0.717, 1.165) is 49.2 Å². The Morgan fingerprint density at radius 1 is 1.00 bits per heavy atom. The summed E-state index contributed by atoms with van der Waals surface area (Å²) in [6.07, 6.45) is 4.59. The highest BCUT2D eigenvalue weighted by molar-refractivity contribution is 7.12. The zero-order chi connectivity index (χ0) is 18.3. The van der Waals surface area contributed by atoms with Crippen molar-refractivity contribution in [2.45, 2.75) is 58.9 Å². The number of nitrogens with zero attached hydrogens (tertiary/aromatic N) is 1. The molecule has 2 nitrogen and oxygen atoms in total. The van der Waals surface area contributed by atoms with E-state index >= 15 is 0 Å². The predicted octanol–water partition coefficient (Wildman–Crippen LogP) is 6.28. The van der Waals surface area contributed by atoms with E-state index in [0.29, 0.717) is 0 Å². The Labute approximate surface area is 156 Å². The Morgan fingerprint density at radius 2 is 1.60 bits per heavy atom. The summed E-state index contributed by atoms with van der Waals surface area (Å²) >= 11 is 1.57. The molecule has 0 unspecified atom stereocenters. The summed E-state index contributed by atoms with van der Waals surface area (Å²) in [6, 6.07) is 12.3. The second-order valence-electron chi connectivity index (χ2n) is 7.15. The lowest BCUT2D eigenvalue weighted by molar-refractivity contribution is 0.0634. The molecule has 0 atom stereocenters. The summed E-state index contributed by atoms with van der Waals surface area (Å²) in [5, 5.41) is 2.10. The van der Waals surface area contributed by atoms with Gasteiger partial charge in [0.1, 0.15) is 0 Å². The van der Waals surface area contributed by atoms with E-state index < -0.39 is 5.54 Å². The standard InChI is InChI=1S/C22H31NOS/c1-5-7-14-23(15-8-6-2)22(3,4)21(24)20-16-19(17-25-20)18-12-10-9-11-13-18/h9-13,16-17H,5-8,14-15H2,1-4H3. The van der Waals surface area contributed by atoms with Gasteiger partial charge in [-0.2, -0.15) is 0 Å². The van der Waals surface area contributed by atoms with Crippen LogP contribution in [0.5, 0.6) is 0 Å². The van der Waals surface area contributed by atoms with Gasteiger partial charge >= 0.3 is 0 Å². The van der Waals surface area contributed by atoms with Crippen LogP contribution in [0.4, 0.5) is 0 Å². The molecular formula is C22H31NOS. The van der Waals surface area contributed by atoms with Crippen LogP contribution < -0.4 is 0 Å².